The molecule has 4 heteroatoms. The van der Waals surface area contributed by atoms with Crippen LogP contribution in [0.3, 0.4) is 0 Å². The minimum absolute atomic E-state index is 0.209. The van der Waals surface area contributed by atoms with Gasteiger partial charge in [-0.2, -0.15) is 0 Å². The lowest BCUT2D eigenvalue weighted by atomic mass is 10.1. The summed E-state index contributed by atoms with van der Waals surface area (Å²) in [5.41, 5.74) is 5.52. The molecule has 0 aromatic heterocycles. The van der Waals surface area contributed by atoms with Gasteiger partial charge in [-0.15, -0.1) is 0 Å². The van der Waals surface area contributed by atoms with E-state index in [0.717, 1.165) is 0 Å². The fraction of sp³-hybridized carbons (Fsp3) is 0.250. The highest BCUT2D eigenvalue weighted by Crippen LogP contribution is 2.19. The Morgan fingerprint density at radius 2 is 2.17 bits per heavy atom. The zero-order chi connectivity index (χ0) is 9.14. The molecular weight excluding hydrogens is 228 g/mol. The Morgan fingerprint density at radius 1 is 1.50 bits per heavy atom. The largest absolute Gasteiger partial charge is 0.322 e. The molecule has 0 spiro atoms. The lowest BCUT2D eigenvalue weighted by Gasteiger charge is -2.08. The summed E-state index contributed by atoms with van der Waals surface area (Å²) < 4.78 is 25.7. The monoisotopic (exact) mass is 235 g/mol. The molecular formula is C8H8BrF2N. The Hall–Kier alpha value is -0.480. The van der Waals surface area contributed by atoms with Crippen LogP contribution in [0.4, 0.5) is 8.78 Å². The van der Waals surface area contributed by atoms with Gasteiger partial charge in [-0.3, -0.25) is 0 Å². The first kappa shape index (κ1) is 9.61. The van der Waals surface area contributed by atoms with E-state index in [1.54, 1.807) is 6.07 Å². The van der Waals surface area contributed by atoms with Crippen molar-refractivity contribution in [1.29, 1.82) is 0 Å². The fourth-order valence-electron chi connectivity index (χ4n) is 0.885. The van der Waals surface area contributed by atoms with E-state index < -0.39 is 18.5 Å². The first-order chi connectivity index (χ1) is 5.65. The Bertz CT molecular complexity index is 278. The number of nitrogens with two attached hydrogens (primary N) is 1. The van der Waals surface area contributed by atoms with Crippen LogP contribution in [0.1, 0.15) is 11.6 Å². The van der Waals surface area contributed by atoms with Crippen molar-refractivity contribution in [2.24, 2.45) is 5.73 Å². The van der Waals surface area contributed by atoms with E-state index in [-0.39, 0.29) is 5.56 Å². The van der Waals surface area contributed by atoms with E-state index in [1.807, 2.05) is 0 Å². The summed E-state index contributed by atoms with van der Waals surface area (Å²) in [7, 11) is 0. The fourth-order valence-corrected chi connectivity index (χ4v) is 1.22. The second-order valence-corrected chi connectivity index (χ2v) is 3.34. The van der Waals surface area contributed by atoms with E-state index in [1.165, 1.54) is 12.1 Å². The minimum Gasteiger partial charge on any atom is -0.322 e. The molecule has 1 nitrogen and oxygen atoms in total. The van der Waals surface area contributed by atoms with Crippen molar-refractivity contribution in [3.8, 4) is 0 Å². The standard InChI is InChI=1S/C8H8BrF2N/c9-5-1-2-6(7(11)3-5)8(12)4-10/h1-3,8H,4,12H2/t8-/m1/s1. The summed E-state index contributed by atoms with van der Waals surface area (Å²) in [6.07, 6.45) is 0. The Balaban J connectivity index is 3.01. The number of hydrogen-bond acceptors (Lipinski definition) is 1. The smallest absolute Gasteiger partial charge is 0.129 e. The lowest BCUT2D eigenvalue weighted by Crippen LogP contribution is -2.13. The van der Waals surface area contributed by atoms with Crippen molar-refractivity contribution in [3.63, 3.8) is 0 Å². The van der Waals surface area contributed by atoms with Crippen LogP contribution < -0.4 is 5.73 Å². The predicted molar refractivity (Wildman–Crippen MR) is 47.0 cm³/mol. The first-order valence-electron chi connectivity index (χ1n) is 3.41. The van der Waals surface area contributed by atoms with Crippen molar-refractivity contribution in [2.45, 2.75) is 6.04 Å². The molecule has 12 heavy (non-hydrogen) atoms. The first-order valence-corrected chi connectivity index (χ1v) is 4.21. The maximum atomic E-state index is 13.0. The Morgan fingerprint density at radius 3 is 2.67 bits per heavy atom. The third-order valence-electron chi connectivity index (χ3n) is 1.53. The minimum atomic E-state index is -0.863. The molecule has 0 bridgehead atoms. The molecule has 0 aliphatic heterocycles. The van der Waals surface area contributed by atoms with Gasteiger partial charge in [0.1, 0.15) is 12.5 Å². The van der Waals surface area contributed by atoms with Crippen LogP contribution in [-0.4, -0.2) is 6.67 Å². The molecule has 66 valence electrons. The maximum Gasteiger partial charge on any atom is 0.129 e. The van der Waals surface area contributed by atoms with Gasteiger partial charge in [0, 0.05) is 10.0 Å². The molecule has 0 saturated carbocycles. The summed E-state index contributed by atoms with van der Waals surface area (Å²) in [6, 6.07) is 3.51. The zero-order valence-electron chi connectivity index (χ0n) is 6.23. The topological polar surface area (TPSA) is 26.0 Å². The van der Waals surface area contributed by atoms with E-state index in [4.69, 9.17) is 5.73 Å². The second kappa shape index (κ2) is 3.96. The quantitative estimate of drug-likeness (QED) is 0.838. The Labute approximate surface area is 77.7 Å². The average molecular weight is 236 g/mol. The van der Waals surface area contributed by atoms with E-state index >= 15 is 0 Å². The van der Waals surface area contributed by atoms with Gasteiger partial charge < -0.3 is 5.73 Å². The van der Waals surface area contributed by atoms with Crippen molar-refractivity contribution in [1.82, 2.24) is 0 Å². The third kappa shape index (κ3) is 2.01. The van der Waals surface area contributed by atoms with Gasteiger partial charge in [-0.05, 0) is 12.1 Å². The molecule has 0 heterocycles. The van der Waals surface area contributed by atoms with Crippen LogP contribution in [0.5, 0.6) is 0 Å². The van der Waals surface area contributed by atoms with Crippen LogP contribution in [0.15, 0.2) is 22.7 Å². The molecule has 0 aliphatic carbocycles. The summed E-state index contributed by atoms with van der Waals surface area (Å²) >= 11 is 3.09. The lowest BCUT2D eigenvalue weighted by molar-refractivity contribution is 0.426. The highest BCUT2D eigenvalue weighted by molar-refractivity contribution is 9.10. The van der Waals surface area contributed by atoms with Crippen molar-refractivity contribution < 1.29 is 8.78 Å². The molecule has 0 unspecified atom stereocenters. The van der Waals surface area contributed by atoms with E-state index in [9.17, 15) is 8.78 Å². The van der Waals surface area contributed by atoms with Gasteiger partial charge in [-0.1, -0.05) is 22.0 Å². The predicted octanol–water partition coefficient (Wildman–Crippen LogP) is 2.56. The molecule has 0 fully saturated rings. The summed E-state index contributed by atoms with van der Waals surface area (Å²) in [6.45, 7) is -0.751. The zero-order valence-corrected chi connectivity index (χ0v) is 7.81. The Kier molecular flexibility index (Phi) is 3.17. The van der Waals surface area contributed by atoms with Crippen LogP contribution in [0.2, 0.25) is 0 Å². The normalized spacial score (nSPS) is 13.0. The SMILES string of the molecule is N[C@H](CF)c1ccc(Br)cc1F. The van der Waals surface area contributed by atoms with Crippen molar-refractivity contribution in [3.05, 3.63) is 34.1 Å². The highest BCUT2D eigenvalue weighted by Gasteiger charge is 2.10. The van der Waals surface area contributed by atoms with Crippen LogP contribution in [0, 0.1) is 5.82 Å². The number of hydrogen-bond donors (Lipinski definition) is 1. The van der Waals surface area contributed by atoms with Crippen LogP contribution >= 0.6 is 15.9 Å². The molecule has 2 N–H and O–H groups in total. The van der Waals surface area contributed by atoms with E-state index in [2.05, 4.69) is 15.9 Å². The molecule has 1 aromatic rings. The van der Waals surface area contributed by atoms with Gasteiger partial charge in [0.2, 0.25) is 0 Å². The number of halogens is 3. The maximum absolute atomic E-state index is 13.0. The third-order valence-corrected chi connectivity index (χ3v) is 2.02. The molecule has 1 aromatic carbocycles. The average Bonchev–Trinajstić information content (AvgIpc) is 2.03. The highest BCUT2D eigenvalue weighted by atomic mass is 79.9. The number of rotatable bonds is 2. The van der Waals surface area contributed by atoms with Gasteiger partial charge >= 0.3 is 0 Å². The van der Waals surface area contributed by atoms with Gasteiger partial charge in [-0.25, -0.2) is 8.78 Å². The van der Waals surface area contributed by atoms with E-state index in [0.29, 0.717) is 4.47 Å². The van der Waals surface area contributed by atoms with Crippen molar-refractivity contribution >= 4 is 15.9 Å². The summed E-state index contributed by atoms with van der Waals surface area (Å²) in [4.78, 5) is 0. The van der Waals surface area contributed by atoms with Gasteiger partial charge in [0.05, 0.1) is 6.04 Å². The summed E-state index contributed by atoms with van der Waals surface area (Å²) in [5, 5.41) is 0. The molecule has 1 atom stereocenters. The summed E-state index contributed by atoms with van der Waals surface area (Å²) in [5.74, 6) is -0.477. The second-order valence-electron chi connectivity index (χ2n) is 2.43. The number of benzene rings is 1. The van der Waals surface area contributed by atoms with Gasteiger partial charge in [0.25, 0.3) is 0 Å². The molecule has 0 saturated heterocycles. The molecule has 0 radical (unpaired) electrons. The molecule has 1 rings (SSSR count). The van der Waals surface area contributed by atoms with Gasteiger partial charge in [0.15, 0.2) is 0 Å². The van der Waals surface area contributed by atoms with Crippen LogP contribution in [-0.2, 0) is 0 Å². The van der Waals surface area contributed by atoms with Crippen LogP contribution in [0.25, 0.3) is 0 Å². The molecule has 0 aliphatic rings. The molecule has 0 amide bonds. The number of alkyl halides is 1. The van der Waals surface area contributed by atoms with Crippen molar-refractivity contribution in [2.75, 3.05) is 6.67 Å².